The third kappa shape index (κ3) is 4.86. The highest BCUT2D eigenvalue weighted by Crippen LogP contribution is 2.39. The Labute approximate surface area is 204 Å². The van der Waals surface area contributed by atoms with E-state index in [-0.39, 0.29) is 11.7 Å². The van der Waals surface area contributed by atoms with Crippen LogP contribution in [0.15, 0.2) is 59.1 Å². The van der Waals surface area contributed by atoms with Gasteiger partial charge in [-0.05, 0) is 37.6 Å². The average Bonchev–Trinajstić information content (AvgIpc) is 3.37. The van der Waals surface area contributed by atoms with Crippen LogP contribution >= 0.6 is 46.3 Å². The van der Waals surface area contributed by atoms with Gasteiger partial charge in [0.2, 0.25) is 5.91 Å². The Kier molecular flexibility index (Phi) is 7.20. The van der Waals surface area contributed by atoms with E-state index in [9.17, 15) is 4.79 Å². The van der Waals surface area contributed by atoms with E-state index >= 15 is 0 Å². The van der Waals surface area contributed by atoms with Gasteiger partial charge in [-0.3, -0.25) is 4.79 Å². The van der Waals surface area contributed by atoms with Crippen LogP contribution in [0.1, 0.15) is 11.8 Å². The number of hydrogen-bond donors (Lipinski definition) is 1. The number of hydrogen-bond acceptors (Lipinski definition) is 5. The molecule has 0 unspecified atom stereocenters. The molecule has 2 aromatic carbocycles. The van der Waals surface area contributed by atoms with Crippen LogP contribution < -0.4 is 5.32 Å². The molecule has 2 heterocycles. The van der Waals surface area contributed by atoms with Crippen molar-refractivity contribution in [2.24, 2.45) is 0 Å². The van der Waals surface area contributed by atoms with Gasteiger partial charge in [0.05, 0.1) is 16.5 Å². The number of aromatic nitrogens is 3. The molecule has 0 aliphatic heterocycles. The van der Waals surface area contributed by atoms with Gasteiger partial charge in [0.15, 0.2) is 11.0 Å². The third-order valence-electron chi connectivity index (χ3n) is 4.85. The summed E-state index contributed by atoms with van der Waals surface area (Å²) in [6.45, 7) is 4.86. The number of benzene rings is 2. The smallest absolute Gasteiger partial charge is 0.234 e. The zero-order valence-corrected chi connectivity index (χ0v) is 20.6. The lowest BCUT2D eigenvalue weighted by molar-refractivity contribution is -0.113. The molecule has 32 heavy (non-hydrogen) atoms. The Morgan fingerprint density at radius 1 is 1.16 bits per heavy atom. The second-order valence-electron chi connectivity index (χ2n) is 6.96. The standard InChI is InChI=1S/C23H20Cl2N4OS2/c1-3-29-22(17-12-31-14(2)21(17)15-7-5-4-6-8-15)27-28-23(29)32-13-20(30)26-19-10-9-16(24)11-18(19)25/h4-12H,3,13H2,1-2H3,(H,26,30). The quantitative estimate of drug-likeness (QED) is 0.275. The first-order valence-corrected chi connectivity index (χ1v) is 12.5. The van der Waals surface area contributed by atoms with E-state index < -0.39 is 0 Å². The van der Waals surface area contributed by atoms with Gasteiger partial charge in [-0.15, -0.1) is 21.5 Å². The zero-order valence-electron chi connectivity index (χ0n) is 17.4. The number of thioether (sulfide) groups is 1. The Hall–Kier alpha value is -2.32. The Morgan fingerprint density at radius 2 is 1.94 bits per heavy atom. The molecular formula is C23H20Cl2N4OS2. The van der Waals surface area contributed by atoms with E-state index in [2.05, 4.69) is 40.0 Å². The van der Waals surface area contributed by atoms with Crippen molar-refractivity contribution in [1.82, 2.24) is 14.8 Å². The SMILES string of the molecule is CCn1c(SCC(=O)Nc2ccc(Cl)cc2Cl)nnc1-c1csc(C)c1-c1ccccc1. The highest BCUT2D eigenvalue weighted by atomic mass is 35.5. The van der Waals surface area contributed by atoms with Crippen molar-refractivity contribution in [2.75, 3.05) is 11.1 Å². The van der Waals surface area contributed by atoms with E-state index in [1.54, 1.807) is 29.5 Å². The van der Waals surface area contributed by atoms with Crippen LogP contribution in [0.4, 0.5) is 5.69 Å². The fourth-order valence-corrected chi connectivity index (χ4v) is 5.49. The molecule has 2 aromatic heterocycles. The van der Waals surface area contributed by atoms with Crippen molar-refractivity contribution in [1.29, 1.82) is 0 Å². The molecule has 4 rings (SSSR count). The van der Waals surface area contributed by atoms with Crippen LogP contribution in [0.3, 0.4) is 0 Å². The normalized spacial score (nSPS) is 11.0. The number of carbonyl (C=O) groups is 1. The number of halogens is 2. The van der Waals surface area contributed by atoms with E-state index in [4.69, 9.17) is 23.2 Å². The summed E-state index contributed by atoms with van der Waals surface area (Å²) < 4.78 is 2.04. The lowest BCUT2D eigenvalue weighted by atomic mass is 10.0. The summed E-state index contributed by atoms with van der Waals surface area (Å²) in [4.78, 5) is 13.7. The number of nitrogens with zero attached hydrogens (tertiary/aromatic N) is 3. The minimum atomic E-state index is -0.178. The second-order valence-corrected chi connectivity index (χ2v) is 9.83. The Balaban J connectivity index is 1.54. The van der Waals surface area contributed by atoms with Crippen LogP contribution in [0, 0.1) is 6.92 Å². The molecule has 0 bridgehead atoms. The highest BCUT2D eigenvalue weighted by molar-refractivity contribution is 7.99. The van der Waals surface area contributed by atoms with Gasteiger partial charge in [-0.2, -0.15) is 0 Å². The van der Waals surface area contributed by atoms with Crippen molar-refractivity contribution < 1.29 is 4.79 Å². The first kappa shape index (κ1) is 22.9. The van der Waals surface area contributed by atoms with Crippen molar-refractivity contribution >= 4 is 57.9 Å². The topological polar surface area (TPSA) is 59.8 Å². The van der Waals surface area contributed by atoms with Gasteiger partial charge in [0.25, 0.3) is 0 Å². The molecular weight excluding hydrogens is 483 g/mol. The number of carbonyl (C=O) groups excluding carboxylic acids is 1. The molecule has 0 aliphatic rings. The number of nitrogens with one attached hydrogen (secondary N) is 1. The molecule has 0 aliphatic carbocycles. The second kappa shape index (κ2) is 10.1. The molecule has 1 N–H and O–H groups in total. The van der Waals surface area contributed by atoms with E-state index in [0.717, 1.165) is 17.0 Å². The van der Waals surface area contributed by atoms with Crippen molar-refractivity contribution in [3.8, 4) is 22.5 Å². The Morgan fingerprint density at radius 3 is 2.66 bits per heavy atom. The number of rotatable bonds is 7. The summed E-state index contributed by atoms with van der Waals surface area (Å²) in [5, 5.41) is 15.4. The number of thiophene rings is 1. The van der Waals surface area contributed by atoms with Crippen LogP contribution in [0.5, 0.6) is 0 Å². The van der Waals surface area contributed by atoms with Crippen LogP contribution in [0.25, 0.3) is 22.5 Å². The first-order valence-electron chi connectivity index (χ1n) is 9.92. The minimum absolute atomic E-state index is 0.178. The summed E-state index contributed by atoms with van der Waals surface area (Å²) in [7, 11) is 0. The third-order valence-corrected chi connectivity index (χ3v) is 7.27. The molecule has 1 amide bonds. The summed E-state index contributed by atoms with van der Waals surface area (Å²) in [5.74, 6) is 0.813. The van der Waals surface area contributed by atoms with Gasteiger partial charge in [-0.25, -0.2) is 0 Å². The fraction of sp³-hybridized carbons (Fsp3) is 0.174. The van der Waals surface area contributed by atoms with Crippen molar-refractivity contribution in [2.45, 2.75) is 25.5 Å². The van der Waals surface area contributed by atoms with E-state index in [1.165, 1.54) is 22.2 Å². The molecule has 4 aromatic rings. The summed E-state index contributed by atoms with van der Waals surface area (Å²) in [6.07, 6.45) is 0. The predicted molar refractivity (Wildman–Crippen MR) is 135 cm³/mol. The monoisotopic (exact) mass is 502 g/mol. The zero-order chi connectivity index (χ0) is 22.7. The molecule has 0 saturated heterocycles. The van der Waals surface area contributed by atoms with Crippen LogP contribution in [0.2, 0.25) is 10.0 Å². The number of anilines is 1. The molecule has 0 spiro atoms. The van der Waals surface area contributed by atoms with E-state index in [0.29, 0.717) is 27.4 Å². The highest BCUT2D eigenvalue weighted by Gasteiger charge is 2.20. The largest absolute Gasteiger partial charge is 0.324 e. The molecule has 164 valence electrons. The maximum absolute atomic E-state index is 12.5. The molecule has 0 fully saturated rings. The van der Waals surface area contributed by atoms with Gasteiger partial charge in [0.1, 0.15) is 0 Å². The molecule has 0 saturated carbocycles. The number of aryl methyl sites for hydroxylation is 1. The summed E-state index contributed by atoms with van der Waals surface area (Å²) in [5.41, 5.74) is 3.91. The fourth-order valence-electron chi connectivity index (χ4n) is 3.37. The lowest BCUT2D eigenvalue weighted by Crippen LogP contribution is -2.15. The van der Waals surface area contributed by atoms with Crippen LogP contribution in [-0.2, 0) is 11.3 Å². The van der Waals surface area contributed by atoms with E-state index in [1.807, 2.05) is 29.7 Å². The van der Waals surface area contributed by atoms with Crippen molar-refractivity contribution in [3.63, 3.8) is 0 Å². The minimum Gasteiger partial charge on any atom is -0.324 e. The number of amides is 1. The lowest BCUT2D eigenvalue weighted by Gasteiger charge is -2.10. The molecule has 0 radical (unpaired) electrons. The molecule has 5 nitrogen and oxygen atoms in total. The Bertz CT molecular complexity index is 1250. The van der Waals surface area contributed by atoms with Gasteiger partial charge >= 0.3 is 0 Å². The van der Waals surface area contributed by atoms with Gasteiger partial charge in [0, 0.05) is 33.0 Å². The average molecular weight is 503 g/mol. The summed E-state index contributed by atoms with van der Waals surface area (Å²) in [6, 6.07) is 15.3. The maximum atomic E-state index is 12.5. The van der Waals surface area contributed by atoms with Crippen LogP contribution in [-0.4, -0.2) is 26.4 Å². The summed E-state index contributed by atoms with van der Waals surface area (Å²) >= 11 is 15.1. The first-order chi connectivity index (χ1) is 15.5. The van der Waals surface area contributed by atoms with Gasteiger partial charge < -0.3 is 9.88 Å². The molecule has 9 heteroatoms. The molecule has 0 atom stereocenters. The maximum Gasteiger partial charge on any atom is 0.234 e. The predicted octanol–water partition coefficient (Wildman–Crippen LogP) is 7.04. The van der Waals surface area contributed by atoms with Crippen molar-refractivity contribution in [3.05, 3.63) is 68.8 Å². The van der Waals surface area contributed by atoms with Gasteiger partial charge in [-0.1, -0.05) is 65.3 Å².